The van der Waals surface area contributed by atoms with Crippen molar-refractivity contribution in [3.63, 3.8) is 0 Å². The van der Waals surface area contributed by atoms with Crippen LogP contribution >= 0.6 is 11.8 Å². The summed E-state index contributed by atoms with van der Waals surface area (Å²) in [5, 5.41) is 11.7. The fraction of sp³-hybridized carbons (Fsp3) is 0.333. The number of hydrogen-bond donors (Lipinski definition) is 3. The van der Waals surface area contributed by atoms with Gasteiger partial charge in [-0.3, -0.25) is 9.89 Å². The number of anilines is 2. The number of carbonyl (C=O) groups excluding carboxylic acids is 1. The highest BCUT2D eigenvalue weighted by Crippen LogP contribution is 2.43. The van der Waals surface area contributed by atoms with Gasteiger partial charge in [0, 0.05) is 49.4 Å². The number of nitrogens with two attached hydrogens (primary N) is 1. The van der Waals surface area contributed by atoms with Crippen LogP contribution in [-0.4, -0.2) is 80.2 Å². The lowest BCUT2D eigenvalue weighted by Gasteiger charge is -2.36. The highest BCUT2D eigenvalue weighted by Gasteiger charge is 2.29. The van der Waals surface area contributed by atoms with E-state index in [-0.39, 0.29) is 10.9 Å². The van der Waals surface area contributed by atoms with E-state index in [1.807, 2.05) is 17.8 Å². The number of piperazine rings is 1. The Morgan fingerprint density at radius 1 is 1.00 bits per heavy atom. The van der Waals surface area contributed by atoms with E-state index >= 15 is 0 Å². The molecule has 2 saturated heterocycles. The Bertz CT molecular complexity index is 1780. The van der Waals surface area contributed by atoms with E-state index in [1.165, 1.54) is 12.1 Å². The zero-order chi connectivity index (χ0) is 30.3. The number of likely N-dealkylation sites (N-methyl/N-ethyl adjacent to an activating group) is 1. The molecule has 1 amide bonds. The number of rotatable bonds is 7. The second-order valence-corrected chi connectivity index (χ2v) is 14.1. The van der Waals surface area contributed by atoms with Crippen LogP contribution in [0.15, 0.2) is 58.3 Å². The van der Waals surface area contributed by atoms with Gasteiger partial charge in [-0.1, -0.05) is 0 Å². The summed E-state index contributed by atoms with van der Waals surface area (Å²) in [5.41, 5.74) is 9.29. The Kier molecular flexibility index (Phi) is 8.05. The minimum atomic E-state index is -4.27. The third-order valence-corrected chi connectivity index (χ3v) is 10.9. The summed E-state index contributed by atoms with van der Waals surface area (Å²) in [4.78, 5) is 16.6. The van der Waals surface area contributed by atoms with Crippen LogP contribution in [0.5, 0.6) is 0 Å². The van der Waals surface area contributed by atoms with Gasteiger partial charge in [-0.05, 0) is 73.9 Å². The molecule has 2 aliphatic rings. The number of carbonyl (C=O) groups is 1. The Morgan fingerprint density at radius 3 is 2.37 bits per heavy atom. The van der Waals surface area contributed by atoms with Crippen molar-refractivity contribution in [2.45, 2.75) is 28.7 Å². The van der Waals surface area contributed by atoms with Gasteiger partial charge in [-0.15, -0.1) is 0 Å². The van der Waals surface area contributed by atoms with Crippen molar-refractivity contribution in [3.8, 4) is 11.3 Å². The fourth-order valence-electron chi connectivity index (χ4n) is 5.71. The number of aromatic amines is 1. The molecule has 3 heterocycles. The number of amides is 1. The topological polar surface area (TPSA) is 124 Å². The maximum Gasteiger partial charge on any atom is 0.250 e. The molecule has 0 radical (unpaired) electrons. The number of thioether (sulfide) groups is 1. The second-order valence-electron chi connectivity index (χ2n) is 11.0. The molecule has 1 aromatic heterocycles. The number of aromatic nitrogens is 2. The van der Waals surface area contributed by atoms with E-state index in [9.17, 15) is 22.0 Å². The predicted molar refractivity (Wildman–Crippen MR) is 166 cm³/mol. The summed E-state index contributed by atoms with van der Waals surface area (Å²) in [6.07, 6.45) is 1.82. The number of hydrogen-bond acceptors (Lipinski definition) is 8. The first-order valence-electron chi connectivity index (χ1n) is 14.1. The molecule has 0 unspecified atom stereocenters. The standard InChI is InChI=1S/C30H32F2N6O3S2/c1-37-8-10-38(11-9-37)26-5-3-23(30(33)39)28(34-20-6-12-42-13-7-20)27(26)29-24-17-21(2-4-25(24)35-36-29)43(40,41)22-15-18(31)14-19(32)16-22/h2-5,14-17,20,34H,6-13H2,1H3,(H2,33,39)(H,35,36). The minimum Gasteiger partial charge on any atom is -0.381 e. The SMILES string of the molecule is CN1CCN(c2ccc(C(N)=O)c(NC3CCSCC3)c2-c2n[nH]c3ccc(S(=O)(=O)c4cc(F)cc(F)c4)cc23)CC1. The molecule has 0 saturated carbocycles. The molecule has 226 valence electrons. The quantitative estimate of drug-likeness (QED) is 0.274. The van der Waals surface area contributed by atoms with Crippen molar-refractivity contribution in [3.05, 3.63) is 65.7 Å². The van der Waals surface area contributed by atoms with Crippen molar-refractivity contribution >= 4 is 49.8 Å². The van der Waals surface area contributed by atoms with Crippen LogP contribution in [-0.2, 0) is 9.84 Å². The number of H-pyrrole nitrogens is 1. The number of fused-ring (bicyclic) bond motifs is 1. The maximum atomic E-state index is 14.0. The molecule has 13 heteroatoms. The van der Waals surface area contributed by atoms with E-state index in [2.05, 4.69) is 32.4 Å². The van der Waals surface area contributed by atoms with E-state index < -0.39 is 32.3 Å². The van der Waals surface area contributed by atoms with Gasteiger partial charge in [0.15, 0.2) is 0 Å². The molecule has 4 aromatic rings. The van der Waals surface area contributed by atoms with Gasteiger partial charge in [-0.2, -0.15) is 16.9 Å². The van der Waals surface area contributed by atoms with Gasteiger partial charge in [0.05, 0.1) is 32.1 Å². The molecule has 0 bridgehead atoms. The summed E-state index contributed by atoms with van der Waals surface area (Å²) in [6.45, 7) is 3.17. The van der Waals surface area contributed by atoms with Crippen LogP contribution < -0.4 is 16.0 Å². The van der Waals surface area contributed by atoms with E-state index in [4.69, 9.17) is 5.73 Å². The molecule has 0 spiro atoms. The minimum absolute atomic E-state index is 0.116. The molecule has 2 aliphatic heterocycles. The lowest BCUT2D eigenvalue weighted by atomic mass is 9.96. The zero-order valence-electron chi connectivity index (χ0n) is 23.6. The third-order valence-electron chi connectivity index (χ3n) is 8.09. The van der Waals surface area contributed by atoms with Crippen LogP contribution in [0.4, 0.5) is 20.2 Å². The van der Waals surface area contributed by atoms with Crippen LogP contribution in [0.25, 0.3) is 22.2 Å². The Labute approximate surface area is 252 Å². The van der Waals surface area contributed by atoms with Crippen molar-refractivity contribution in [1.29, 1.82) is 0 Å². The molecule has 4 N–H and O–H groups in total. The molecular formula is C30H32F2N6O3S2. The van der Waals surface area contributed by atoms with Gasteiger partial charge in [0.1, 0.15) is 17.3 Å². The lowest BCUT2D eigenvalue weighted by molar-refractivity contribution is 0.100. The lowest BCUT2D eigenvalue weighted by Crippen LogP contribution is -2.44. The largest absolute Gasteiger partial charge is 0.381 e. The Morgan fingerprint density at radius 2 is 1.70 bits per heavy atom. The molecule has 3 aromatic carbocycles. The first-order valence-corrected chi connectivity index (χ1v) is 16.7. The number of halogens is 2. The molecule has 9 nitrogen and oxygen atoms in total. The monoisotopic (exact) mass is 626 g/mol. The van der Waals surface area contributed by atoms with Crippen molar-refractivity contribution in [2.75, 3.05) is 54.9 Å². The average molecular weight is 627 g/mol. The molecule has 2 fully saturated rings. The summed E-state index contributed by atoms with van der Waals surface area (Å²) in [6, 6.07) is 10.4. The number of primary amides is 1. The molecular weight excluding hydrogens is 594 g/mol. The predicted octanol–water partition coefficient (Wildman–Crippen LogP) is 4.50. The smallest absolute Gasteiger partial charge is 0.250 e. The first-order chi connectivity index (χ1) is 20.6. The number of nitrogens with one attached hydrogen (secondary N) is 2. The van der Waals surface area contributed by atoms with Gasteiger partial charge >= 0.3 is 0 Å². The Hall–Kier alpha value is -3.68. The Balaban J connectivity index is 1.56. The van der Waals surface area contributed by atoms with E-state index in [0.29, 0.717) is 39.5 Å². The summed E-state index contributed by atoms with van der Waals surface area (Å²) < 4.78 is 55.0. The summed E-state index contributed by atoms with van der Waals surface area (Å²) in [5.74, 6) is -0.578. The van der Waals surface area contributed by atoms with E-state index in [0.717, 1.165) is 68.3 Å². The average Bonchev–Trinajstić information content (AvgIpc) is 3.40. The van der Waals surface area contributed by atoms with Gasteiger partial charge in [0.2, 0.25) is 9.84 Å². The zero-order valence-corrected chi connectivity index (χ0v) is 25.2. The fourth-order valence-corrected chi connectivity index (χ4v) is 8.15. The van der Waals surface area contributed by atoms with Crippen LogP contribution in [0.2, 0.25) is 0 Å². The number of sulfone groups is 1. The molecule has 6 rings (SSSR count). The van der Waals surface area contributed by atoms with E-state index in [1.54, 1.807) is 12.1 Å². The third kappa shape index (κ3) is 5.80. The first kappa shape index (κ1) is 29.4. The van der Waals surface area contributed by atoms with Crippen molar-refractivity contribution < 1.29 is 22.0 Å². The molecule has 43 heavy (non-hydrogen) atoms. The summed E-state index contributed by atoms with van der Waals surface area (Å²) >= 11 is 1.89. The molecule has 0 atom stereocenters. The van der Waals surface area contributed by atoms with Crippen LogP contribution in [0.3, 0.4) is 0 Å². The molecule has 0 aliphatic carbocycles. The number of nitrogens with zero attached hydrogens (tertiary/aromatic N) is 3. The highest BCUT2D eigenvalue weighted by atomic mass is 32.2. The van der Waals surface area contributed by atoms with Gasteiger partial charge in [-0.25, -0.2) is 17.2 Å². The second kappa shape index (κ2) is 11.8. The van der Waals surface area contributed by atoms with Crippen LogP contribution in [0.1, 0.15) is 23.2 Å². The maximum absolute atomic E-state index is 14.0. The van der Waals surface area contributed by atoms with Crippen molar-refractivity contribution in [1.82, 2.24) is 15.1 Å². The van der Waals surface area contributed by atoms with Gasteiger partial charge < -0.3 is 20.9 Å². The van der Waals surface area contributed by atoms with Crippen LogP contribution in [0, 0.1) is 11.6 Å². The normalized spacial score (nSPS) is 17.0. The number of benzene rings is 3. The van der Waals surface area contributed by atoms with Gasteiger partial charge in [0.25, 0.3) is 5.91 Å². The highest BCUT2D eigenvalue weighted by molar-refractivity contribution is 7.99. The summed E-state index contributed by atoms with van der Waals surface area (Å²) in [7, 11) is -2.21. The van der Waals surface area contributed by atoms with Crippen molar-refractivity contribution in [2.24, 2.45) is 5.73 Å².